The summed E-state index contributed by atoms with van der Waals surface area (Å²) in [7, 11) is 0. The lowest BCUT2D eigenvalue weighted by Crippen LogP contribution is -2.03. The van der Waals surface area contributed by atoms with E-state index in [9.17, 15) is 10.1 Å². The molecule has 2 rings (SSSR count). The first-order valence-electron chi connectivity index (χ1n) is 5.32. The van der Waals surface area contributed by atoms with Gasteiger partial charge in [-0.05, 0) is 19.4 Å². The second-order valence-electron chi connectivity index (χ2n) is 3.92. The first-order chi connectivity index (χ1) is 8.54. The maximum absolute atomic E-state index is 10.8. The van der Waals surface area contributed by atoms with E-state index in [1.807, 2.05) is 6.92 Å². The van der Waals surface area contributed by atoms with Gasteiger partial charge < -0.3 is 5.11 Å². The van der Waals surface area contributed by atoms with Crippen LogP contribution in [0.2, 0.25) is 0 Å². The summed E-state index contributed by atoms with van der Waals surface area (Å²) in [6.07, 6.45) is 0. The van der Waals surface area contributed by atoms with Crippen LogP contribution in [0.25, 0.3) is 5.69 Å². The Morgan fingerprint density at radius 3 is 2.72 bits per heavy atom. The fourth-order valence-corrected chi connectivity index (χ4v) is 1.67. The Morgan fingerprint density at radius 2 is 2.17 bits per heavy atom. The zero-order chi connectivity index (χ0) is 13.3. The molecule has 0 bridgehead atoms. The molecule has 0 radical (unpaired) electrons. The molecular formula is C11H12N4O3. The maximum atomic E-state index is 10.8. The number of aliphatic hydroxyl groups excluding tert-OH is 1. The van der Waals surface area contributed by atoms with E-state index in [0.29, 0.717) is 17.1 Å². The highest BCUT2D eigenvalue weighted by atomic mass is 16.6. The predicted molar refractivity (Wildman–Crippen MR) is 63.4 cm³/mol. The fourth-order valence-electron chi connectivity index (χ4n) is 1.67. The molecule has 0 atom stereocenters. The van der Waals surface area contributed by atoms with Crippen LogP contribution in [0.15, 0.2) is 18.2 Å². The van der Waals surface area contributed by atoms with Crippen LogP contribution < -0.4 is 0 Å². The van der Waals surface area contributed by atoms with Gasteiger partial charge in [0.25, 0.3) is 5.69 Å². The lowest BCUT2D eigenvalue weighted by molar-refractivity contribution is -0.384. The predicted octanol–water partition coefficient (Wildman–Crippen LogP) is 1.28. The molecule has 0 aliphatic heterocycles. The van der Waals surface area contributed by atoms with Gasteiger partial charge in [0.15, 0.2) is 0 Å². The van der Waals surface area contributed by atoms with Crippen molar-refractivity contribution in [2.24, 2.45) is 0 Å². The van der Waals surface area contributed by atoms with Gasteiger partial charge in [-0.2, -0.15) is 0 Å². The second-order valence-corrected chi connectivity index (χ2v) is 3.92. The number of aromatic nitrogens is 3. The summed E-state index contributed by atoms with van der Waals surface area (Å²) in [4.78, 5) is 10.3. The SMILES string of the molecule is Cc1ccc([N+](=O)[O-])cc1-n1nnc(CO)c1C. The number of aryl methyl sites for hydroxylation is 1. The van der Waals surface area contributed by atoms with Crippen molar-refractivity contribution in [2.45, 2.75) is 20.5 Å². The Bertz CT molecular complexity index is 606. The summed E-state index contributed by atoms with van der Waals surface area (Å²) < 4.78 is 1.49. The molecule has 0 aliphatic rings. The highest BCUT2D eigenvalue weighted by molar-refractivity contribution is 5.49. The van der Waals surface area contributed by atoms with Crippen LogP contribution in [0, 0.1) is 24.0 Å². The first kappa shape index (κ1) is 12.2. The maximum Gasteiger partial charge on any atom is 0.271 e. The molecule has 94 valence electrons. The Labute approximate surface area is 103 Å². The number of rotatable bonds is 3. The van der Waals surface area contributed by atoms with Crippen molar-refractivity contribution in [1.82, 2.24) is 15.0 Å². The molecule has 0 saturated heterocycles. The Balaban J connectivity index is 2.59. The van der Waals surface area contributed by atoms with E-state index in [4.69, 9.17) is 5.11 Å². The third-order valence-electron chi connectivity index (χ3n) is 2.77. The van der Waals surface area contributed by atoms with Gasteiger partial charge in [-0.1, -0.05) is 11.3 Å². The van der Waals surface area contributed by atoms with Gasteiger partial charge in [-0.15, -0.1) is 5.10 Å². The minimum absolute atomic E-state index is 0.00366. The number of aliphatic hydroxyl groups is 1. The Hall–Kier alpha value is -2.28. The number of nitrogens with zero attached hydrogens (tertiary/aromatic N) is 4. The molecule has 2 aromatic rings. The number of nitro benzene ring substituents is 1. The first-order valence-corrected chi connectivity index (χ1v) is 5.32. The van der Waals surface area contributed by atoms with Gasteiger partial charge in [-0.25, -0.2) is 4.68 Å². The average Bonchev–Trinajstić information content (AvgIpc) is 2.70. The molecule has 1 aromatic heterocycles. The summed E-state index contributed by atoms with van der Waals surface area (Å²) in [6, 6.07) is 4.55. The second kappa shape index (κ2) is 4.53. The number of hydrogen-bond acceptors (Lipinski definition) is 5. The molecule has 7 heteroatoms. The van der Waals surface area contributed by atoms with E-state index in [0.717, 1.165) is 5.56 Å². The highest BCUT2D eigenvalue weighted by Gasteiger charge is 2.14. The molecule has 0 amide bonds. The molecule has 7 nitrogen and oxygen atoms in total. The standard InChI is InChI=1S/C11H12N4O3/c1-7-3-4-9(15(17)18)5-11(7)14-8(2)10(6-16)12-13-14/h3-5,16H,6H2,1-2H3. The molecular weight excluding hydrogens is 236 g/mol. The summed E-state index contributed by atoms with van der Waals surface area (Å²) >= 11 is 0. The summed E-state index contributed by atoms with van der Waals surface area (Å²) in [5.74, 6) is 0. The molecule has 1 heterocycles. The minimum atomic E-state index is -0.456. The van der Waals surface area contributed by atoms with Crippen LogP contribution in [-0.4, -0.2) is 25.0 Å². The number of non-ortho nitro benzene ring substituents is 1. The van der Waals surface area contributed by atoms with Gasteiger partial charge in [0, 0.05) is 12.1 Å². The quantitative estimate of drug-likeness (QED) is 0.652. The molecule has 0 fully saturated rings. The van der Waals surface area contributed by atoms with Crippen LogP contribution in [-0.2, 0) is 6.61 Å². The van der Waals surface area contributed by atoms with Gasteiger partial charge in [0.05, 0.1) is 22.9 Å². The Morgan fingerprint density at radius 1 is 1.44 bits per heavy atom. The van der Waals surface area contributed by atoms with Crippen molar-refractivity contribution in [3.63, 3.8) is 0 Å². The normalized spacial score (nSPS) is 10.6. The molecule has 18 heavy (non-hydrogen) atoms. The van der Waals surface area contributed by atoms with E-state index in [2.05, 4.69) is 10.3 Å². The minimum Gasteiger partial charge on any atom is -0.390 e. The highest BCUT2D eigenvalue weighted by Crippen LogP contribution is 2.22. The van der Waals surface area contributed by atoms with Gasteiger partial charge in [0.1, 0.15) is 5.69 Å². The average molecular weight is 248 g/mol. The largest absolute Gasteiger partial charge is 0.390 e. The van der Waals surface area contributed by atoms with E-state index in [-0.39, 0.29) is 12.3 Å². The van der Waals surface area contributed by atoms with Crippen molar-refractivity contribution in [3.05, 3.63) is 45.3 Å². The summed E-state index contributed by atoms with van der Waals surface area (Å²) in [6.45, 7) is 3.38. The van der Waals surface area contributed by atoms with Crippen molar-refractivity contribution >= 4 is 5.69 Å². The van der Waals surface area contributed by atoms with Crippen molar-refractivity contribution < 1.29 is 10.0 Å². The molecule has 1 aromatic carbocycles. The monoisotopic (exact) mass is 248 g/mol. The zero-order valence-corrected chi connectivity index (χ0v) is 9.99. The third kappa shape index (κ3) is 1.95. The van der Waals surface area contributed by atoms with Crippen LogP contribution in [0.4, 0.5) is 5.69 Å². The van der Waals surface area contributed by atoms with Crippen molar-refractivity contribution in [3.8, 4) is 5.69 Å². The van der Waals surface area contributed by atoms with E-state index in [1.54, 1.807) is 13.0 Å². The van der Waals surface area contributed by atoms with Gasteiger partial charge in [-0.3, -0.25) is 10.1 Å². The molecule has 1 N–H and O–H groups in total. The molecule has 0 saturated carbocycles. The summed E-state index contributed by atoms with van der Waals surface area (Å²) in [5, 5.41) is 27.6. The lowest BCUT2D eigenvalue weighted by atomic mass is 10.2. The van der Waals surface area contributed by atoms with E-state index in [1.165, 1.54) is 16.8 Å². The Kier molecular flexibility index (Phi) is 3.07. The number of benzene rings is 1. The van der Waals surface area contributed by atoms with Crippen molar-refractivity contribution in [1.29, 1.82) is 0 Å². The topological polar surface area (TPSA) is 94.1 Å². The smallest absolute Gasteiger partial charge is 0.271 e. The molecule has 0 unspecified atom stereocenters. The lowest BCUT2D eigenvalue weighted by Gasteiger charge is -2.06. The van der Waals surface area contributed by atoms with Gasteiger partial charge in [0.2, 0.25) is 0 Å². The molecule has 0 aliphatic carbocycles. The van der Waals surface area contributed by atoms with Gasteiger partial charge >= 0.3 is 0 Å². The number of nitro groups is 1. The van der Waals surface area contributed by atoms with Crippen molar-refractivity contribution in [2.75, 3.05) is 0 Å². The molecule has 0 spiro atoms. The van der Waals surface area contributed by atoms with Crippen LogP contribution in [0.5, 0.6) is 0 Å². The van der Waals surface area contributed by atoms with Crippen LogP contribution in [0.1, 0.15) is 17.0 Å². The fraction of sp³-hybridized carbons (Fsp3) is 0.273. The van der Waals surface area contributed by atoms with E-state index < -0.39 is 4.92 Å². The third-order valence-corrected chi connectivity index (χ3v) is 2.77. The van der Waals surface area contributed by atoms with Crippen LogP contribution in [0.3, 0.4) is 0 Å². The summed E-state index contributed by atoms with van der Waals surface area (Å²) in [5.41, 5.74) is 2.56. The number of hydrogen-bond donors (Lipinski definition) is 1. The zero-order valence-electron chi connectivity index (χ0n) is 9.99. The van der Waals surface area contributed by atoms with E-state index >= 15 is 0 Å². The van der Waals surface area contributed by atoms with Crippen LogP contribution >= 0.6 is 0 Å².